The van der Waals surface area contributed by atoms with Crippen molar-refractivity contribution in [2.24, 2.45) is 0 Å². The van der Waals surface area contributed by atoms with Gasteiger partial charge in [-0.15, -0.1) is 0 Å². The lowest BCUT2D eigenvalue weighted by molar-refractivity contribution is 0.472. The maximum atomic E-state index is 9.01. The van der Waals surface area contributed by atoms with Crippen molar-refractivity contribution in [1.29, 1.82) is 5.26 Å². The number of nitrogens with one attached hydrogen (secondary N) is 1. The number of rotatable bonds is 5. The molecule has 0 aliphatic rings. The van der Waals surface area contributed by atoms with Gasteiger partial charge in [0.05, 0.1) is 12.5 Å². The van der Waals surface area contributed by atoms with Gasteiger partial charge in [-0.25, -0.2) is 0 Å². The van der Waals surface area contributed by atoms with Crippen LogP contribution in [-0.2, 0) is 0 Å². The van der Waals surface area contributed by atoms with E-state index in [1.807, 2.05) is 54.6 Å². The first kappa shape index (κ1) is 14.6. The minimum Gasteiger partial charge on any atom is -0.302 e. The third-order valence-corrected chi connectivity index (χ3v) is 3.57. The van der Waals surface area contributed by atoms with Crippen LogP contribution >= 0.6 is 11.6 Å². The van der Waals surface area contributed by atoms with Crippen molar-refractivity contribution >= 4 is 11.6 Å². The summed E-state index contributed by atoms with van der Waals surface area (Å²) < 4.78 is 0. The molecule has 0 radical (unpaired) electrons. The van der Waals surface area contributed by atoms with E-state index in [2.05, 4.69) is 18.3 Å². The molecule has 2 aromatic rings. The molecule has 102 valence electrons. The minimum atomic E-state index is 0.0341. The van der Waals surface area contributed by atoms with E-state index in [0.717, 1.165) is 16.1 Å². The van der Waals surface area contributed by atoms with Gasteiger partial charge in [0.15, 0.2) is 0 Å². The number of nitriles is 1. The summed E-state index contributed by atoms with van der Waals surface area (Å²) in [5.41, 5.74) is 2.29. The lowest BCUT2D eigenvalue weighted by Crippen LogP contribution is -2.24. The van der Waals surface area contributed by atoms with E-state index >= 15 is 0 Å². The SMILES string of the molecule is CC(NC(CC#N)c1ccccc1)c1ccc(Cl)cc1. The Kier molecular flexibility index (Phi) is 5.17. The van der Waals surface area contributed by atoms with Gasteiger partial charge >= 0.3 is 0 Å². The molecule has 0 aliphatic heterocycles. The summed E-state index contributed by atoms with van der Waals surface area (Å²) in [5, 5.41) is 13.2. The van der Waals surface area contributed by atoms with Gasteiger partial charge in [-0.2, -0.15) is 5.26 Å². The molecule has 2 unspecified atom stereocenters. The lowest BCUT2D eigenvalue weighted by Gasteiger charge is -2.22. The Hall–Kier alpha value is -1.82. The second kappa shape index (κ2) is 7.09. The first-order valence-corrected chi connectivity index (χ1v) is 7.02. The zero-order valence-electron chi connectivity index (χ0n) is 11.4. The summed E-state index contributed by atoms with van der Waals surface area (Å²) in [6, 6.07) is 20.3. The number of halogens is 1. The summed E-state index contributed by atoms with van der Waals surface area (Å²) in [6.45, 7) is 2.09. The Morgan fingerprint density at radius 3 is 2.30 bits per heavy atom. The van der Waals surface area contributed by atoms with Crippen LogP contribution in [0.4, 0.5) is 0 Å². The quantitative estimate of drug-likeness (QED) is 0.868. The van der Waals surface area contributed by atoms with E-state index in [1.54, 1.807) is 0 Å². The van der Waals surface area contributed by atoms with Crippen molar-refractivity contribution in [2.75, 3.05) is 0 Å². The predicted molar refractivity (Wildman–Crippen MR) is 82.4 cm³/mol. The molecule has 0 bridgehead atoms. The van der Waals surface area contributed by atoms with Crippen molar-refractivity contribution in [3.63, 3.8) is 0 Å². The molecule has 20 heavy (non-hydrogen) atoms. The topological polar surface area (TPSA) is 35.8 Å². The summed E-state index contributed by atoms with van der Waals surface area (Å²) in [5.74, 6) is 0. The van der Waals surface area contributed by atoms with Gasteiger partial charge in [0.25, 0.3) is 0 Å². The molecule has 2 nitrogen and oxygen atoms in total. The average Bonchev–Trinajstić information content (AvgIpc) is 2.48. The lowest BCUT2D eigenvalue weighted by atomic mass is 10.0. The van der Waals surface area contributed by atoms with Gasteiger partial charge in [-0.1, -0.05) is 54.1 Å². The van der Waals surface area contributed by atoms with Crippen LogP contribution in [0.2, 0.25) is 5.02 Å². The van der Waals surface area contributed by atoms with Crippen LogP contribution in [0.1, 0.15) is 36.6 Å². The van der Waals surface area contributed by atoms with Gasteiger partial charge in [0.1, 0.15) is 0 Å². The third kappa shape index (κ3) is 3.84. The molecule has 2 aromatic carbocycles. The fourth-order valence-corrected chi connectivity index (χ4v) is 2.33. The highest BCUT2D eigenvalue weighted by molar-refractivity contribution is 6.30. The molecule has 0 heterocycles. The maximum absolute atomic E-state index is 9.01. The molecule has 0 saturated heterocycles. The number of nitrogens with zero attached hydrogens (tertiary/aromatic N) is 1. The smallest absolute Gasteiger partial charge is 0.0641 e. The number of benzene rings is 2. The van der Waals surface area contributed by atoms with Gasteiger partial charge < -0.3 is 5.32 Å². The first-order valence-electron chi connectivity index (χ1n) is 6.64. The van der Waals surface area contributed by atoms with E-state index in [9.17, 15) is 0 Å². The molecule has 0 aromatic heterocycles. The van der Waals surface area contributed by atoms with Crippen molar-refractivity contribution in [2.45, 2.75) is 25.4 Å². The van der Waals surface area contributed by atoms with Crippen LogP contribution in [0.25, 0.3) is 0 Å². The van der Waals surface area contributed by atoms with Gasteiger partial charge in [-0.3, -0.25) is 0 Å². The zero-order chi connectivity index (χ0) is 14.4. The molecule has 0 saturated carbocycles. The molecule has 3 heteroatoms. The fourth-order valence-electron chi connectivity index (χ4n) is 2.20. The summed E-state index contributed by atoms with van der Waals surface area (Å²) >= 11 is 5.90. The van der Waals surface area contributed by atoms with Crippen molar-refractivity contribution < 1.29 is 0 Å². The molecule has 0 fully saturated rings. The van der Waals surface area contributed by atoms with Crippen molar-refractivity contribution in [3.05, 3.63) is 70.7 Å². The molecule has 0 amide bonds. The second-order valence-electron chi connectivity index (χ2n) is 4.77. The van der Waals surface area contributed by atoms with Crippen LogP contribution in [0, 0.1) is 11.3 Å². The predicted octanol–water partition coefficient (Wildman–Crippen LogP) is 4.65. The van der Waals surface area contributed by atoms with E-state index in [-0.39, 0.29) is 12.1 Å². The molecule has 0 aliphatic carbocycles. The summed E-state index contributed by atoms with van der Waals surface area (Å²) in [6.07, 6.45) is 0.446. The summed E-state index contributed by atoms with van der Waals surface area (Å²) in [4.78, 5) is 0. The molecule has 0 spiro atoms. The minimum absolute atomic E-state index is 0.0341. The van der Waals surface area contributed by atoms with E-state index in [4.69, 9.17) is 16.9 Å². The maximum Gasteiger partial charge on any atom is 0.0641 e. The highest BCUT2D eigenvalue weighted by Crippen LogP contribution is 2.22. The van der Waals surface area contributed by atoms with E-state index in [0.29, 0.717) is 6.42 Å². The Morgan fingerprint density at radius 1 is 1.05 bits per heavy atom. The molecule has 2 rings (SSSR count). The van der Waals surface area contributed by atoms with E-state index < -0.39 is 0 Å². The molecule has 2 atom stereocenters. The van der Waals surface area contributed by atoms with Crippen LogP contribution in [0.15, 0.2) is 54.6 Å². The second-order valence-corrected chi connectivity index (χ2v) is 5.20. The third-order valence-electron chi connectivity index (χ3n) is 3.32. The summed E-state index contributed by atoms with van der Waals surface area (Å²) in [7, 11) is 0. The number of hydrogen-bond acceptors (Lipinski definition) is 2. The number of hydrogen-bond donors (Lipinski definition) is 1. The fraction of sp³-hybridized carbons (Fsp3) is 0.235. The van der Waals surface area contributed by atoms with Crippen LogP contribution in [0.5, 0.6) is 0 Å². The Bertz CT molecular complexity index is 572. The highest BCUT2D eigenvalue weighted by atomic mass is 35.5. The standard InChI is InChI=1S/C17H17ClN2/c1-13(14-7-9-16(18)10-8-14)20-17(11-12-19)15-5-3-2-4-6-15/h2-10,13,17,20H,11H2,1H3. The zero-order valence-corrected chi connectivity index (χ0v) is 12.1. The average molecular weight is 285 g/mol. The molecular weight excluding hydrogens is 268 g/mol. The Labute approximate surface area is 125 Å². The normalized spacial score (nSPS) is 13.4. The van der Waals surface area contributed by atoms with Gasteiger partial charge in [0.2, 0.25) is 0 Å². The highest BCUT2D eigenvalue weighted by Gasteiger charge is 2.14. The largest absolute Gasteiger partial charge is 0.302 e. The monoisotopic (exact) mass is 284 g/mol. The first-order chi connectivity index (χ1) is 9.70. The Balaban J connectivity index is 2.12. The molecule has 1 N–H and O–H groups in total. The van der Waals surface area contributed by atoms with E-state index in [1.165, 1.54) is 0 Å². The van der Waals surface area contributed by atoms with Crippen LogP contribution in [0.3, 0.4) is 0 Å². The van der Waals surface area contributed by atoms with Crippen LogP contribution < -0.4 is 5.32 Å². The van der Waals surface area contributed by atoms with Gasteiger partial charge in [0, 0.05) is 17.1 Å². The Morgan fingerprint density at radius 2 is 1.70 bits per heavy atom. The van der Waals surface area contributed by atoms with Crippen molar-refractivity contribution in [1.82, 2.24) is 5.32 Å². The van der Waals surface area contributed by atoms with Crippen molar-refractivity contribution in [3.8, 4) is 6.07 Å². The molecular formula is C17H17ClN2. The van der Waals surface area contributed by atoms with Crippen LogP contribution in [-0.4, -0.2) is 0 Å². The van der Waals surface area contributed by atoms with Gasteiger partial charge in [-0.05, 0) is 30.2 Å².